The highest BCUT2D eigenvalue weighted by molar-refractivity contribution is 7.99. The van der Waals surface area contributed by atoms with Gasteiger partial charge in [-0.05, 0) is 42.8 Å². The Morgan fingerprint density at radius 2 is 1.81 bits per heavy atom. The third-order valence-electron chi connectivity index (χ3n) is 4.70. The molecule has 3 rings (SSSR count). The highest BCUT2D eigenvalue weighted by Crippen LogP contribution is 2.26. The van der Waals surface area contributed by atoms with Gasteiger partial charge in [-0.25, -0.2) is 0 Å². The zero-order valence-corrected chi connectivity index (χ0v) is 16.1. The molecule has 1 aliphatic rings. The SMILES string of the molecule is Cc1ccccc1N1CC[NH+](CC(=O)Nc2ccc(SC(F)F)cc2)CC1. The summed E-state index contributed by atoms with van der Waals surface area (Å²) in [7, 11) is 0. The summed E-state index contributed by atoms with van der Waals surface area (Å²) in [4.78, 5) is 16.4. The van der Waals surface area contributed by atoms with Crippen molar-refractivity contribution < 1.29 is 18.5 Å². The predicted octanol–water partition coefficient (Wildman–Crippen LogP) is 2.65. The largest absolute Gasteiger partial charge is 0.360 e. The first-order chi connectivity index (χ1) is 13.0. The number of alkyl halides is 2. The Labute approximate surface area is 162 Å². The quantitative estimate of drug-likeness (QED) is 0.742. The first-order valence-electron chi connectivity index (χ1n) is 9.00. The molecule has 27 heavy (non-hydrogen) atoms. The number of quaternary nitrogens is 1. The minimum atomic E-state index is -2.44. The Kier molecular flexibility index (Phi) is 6.68. The number of anilines is 2. The van der Waals surface area contributed by atoms with Crippen molar-refractivity contribution in [2.45, 2.75) is 17.6 Å². The molecule has 2 aromatic carbocycles. The van der Waals surface area contributed by atoms with E-state index in [1.807, 2.05) is 6.07 Å². The Balaban J connectivity index is 1.46. The summed E-state index contributed by atoms with van der Waals surface area (Å²) < 4.78 is 24.7. The highest BCUT2D eigenvalue weighted by Gasteiger charge is 2.23. The van der Waals surface area contributed by atoms with Crippen LogP contribution in [0.25, 0.3) is 0 Å². The molecule has 4 nitrogen and oxygen atoms in total. The van der Waals surface area contributed by atoms with Gasteiger partial charge in [0.25, 0.3) is 11.7 Å². The van der Waals surface area contributed by atoms with Gasteiger partial charge in [0.1, 0.15) is 0 Å². The summed E-state index contributed by atoms with van der Waals surface area (Å²) in [5, 5.41) is 2.85. The van der Waals surface area contributed by atoms with Crippen LogP contribution in [-0.2, 0) is 4.79 Å². The number of halogens is 2. The van der Waals surface area contributed by atoms with E-state index in [-0.39, 0.29) is 5.91 Å². The number of thioether (sulfide) groups is 1. The maximum Gasteiger partial charge on any atom is 0.288 e. The van der Waals surface area contributed by atoms with Gasteiger partial charge in [-0.15, -0.1) is 0 Å². The van der Waals surface area contributed by atoms with E-state index in [4.69, 9.17) is 0 Å². The van der Waals surface area contributed by atoms with Gasteiger partial charge in [0.15, 0.2) is 6.54 Å². The van der Waals surface area contributed by atoms with E-state index in [0.717, 1.165) is 26.2 Å². The fourth-order valence-electron chi connectivity index (χ4n) is 3.31. The van der Waals surface area contributed by atoms with Crippen LogP contribution in [0.15, 0.2) is 53.4 Å². The third-order valence-corrected chi connectivity index (χ3v) is 5.42. The molecule has 0 spiro atoms. The zero-order valence-electron chi connectivity index (χ0n) is 15.3. The standard InChI is InChI=1S/C20H23F2N3OS/c1-15-4-2-3-5-18(15)25-12-10-24(11-13-25)14-19(26)23-16-6-8-17(9-7-16)27-20(21)22/h2-9,20H,10-14H2,1H3,(H,23,26)/p+1. The molecule has 0 aromatic heterocycles. The number of carbonyl (C=O) groups excluding carboxylic acids is 1. The molecule has 0 atom stereocenters. The molecule has 0 aliphatic carbocycles. The fraction of sp³-hybridized carbons (Fsp3) is 0.350. The van der Waals surface area contributed by atoms with Crippen molar-refractivity contribution in [3.8, 4) is 0 Å². The molecule has 2 N–H and O–H groups in total. The van der Waals surface area contributed by atoms with E-state index in [0.29, 0.717) is 28.9 Å². The van der Waals surface area contributed by atoms with Crippen molar-refractivity contribution in [1.29, 1.82) is 0 Å². The van der Waals surface area contributed by atoms with Crippen LogP contribution in [0.4, 0.5) is 20.2 Å². The van der Waals surface area contributed by atoms with E-state index in [1.165, 1.54) is 16.2 Å². The van der Waals surface area contributed by atoms with Crippen LogP contribution >= 0.6 is 11.8 Å². The summed E-state index contributed by atoms with van der Waals surface area (Å²) in [5.74, 6) is -2.49. The number of benzene rings is 2. The van der Waals surface area contributed by atoms with Crippen molar-refractivity contribution >= 4 is 29.0 Å². The molecule has 1 fully saturated rings. The maximum atomic E-state index is 12.3. The van der Waals surface area contributed by atoms with Crippen molar-refractivity contribution in [2.75, 3.05) is 42.9 Å². The molecule has 1 saturated heterocycles. The second-order valence-corrected chi connectivity index (χ2v) is 7.71. The number of carbonyl (C=O) groups is 1. The van der Waals surface area contributed by atoms with Crippen molar-refractivity contribution in [3.05, 3.63) is 54.1 Å². The second kappa shape index (κ2) is 9.19. The van der Waals surface area contributed by atoms with Crippen LogP contribution < -0.4 is 15.1 Å². The van der Waals surface area contributed by atoms with Gasteiger partial charge in [-0.3, -0.25) is 4.79 Å². The van der Waals surface area contributed by atoms with Gasteiger partial charge in [0.2, 0.25) is 0 Å². The van der Waals surface area contributed by atoms with E-state index in [9.17, 15) is 13.6 Å². The highest BCUT2D eigenvalue weighted by atomic mass is 32.2. The first-order valence-corrected chi connectivity index (χ1v) is 9.88. The van der Waals surface area contributed by atoms with E-state index in [1.54, 1.807) is 24.3 Å². The van der Waals surface area contributed by atoms with Gasteiger partial charge in [0, 0.05) is 16.3 Å². The van der Waals surface area contributed by atoms with Crippen molar-refractivity contribution in [1.82, 2.24) is 0 Å². The Morgan fingerprint density at radius 3 is 2.44 bits per heavy atom. The van der Waals surface area contributed by atoms with Crippen molar-refractivity contribution in [2.24, 2.45) is 0 Å². The average molecular weight is 392 g/mol. The van der Waals surface area contributed by atoms with E-state index < -0.39 is 5.76 Å². The van der Waals surface area contributed by atoms with Crippen LogP contribution in [0.1, 0.15) is 5.56 Å². The summed E-state index contributed by atoms with van der Waals surface area (Å²) in [6.07, 6.45) is 0. The van der Waals surface area contributed by atoms with Gasteiger partial charge < -0.3 is 15.1 Å². The molecule has 1 aliphatic heterocycles. The number of rotatable bonds is 6. The molecule has 1 heterocycles. The maximum absolute atomic E-state index is 12.3. The fourth-order valence-corrected chi connectivity index (χ4v) is 3.81. The average Bonchev–Trinajstić information content (AvgIpc) is 2.64. The normalized spacial score (nSPS) is 15.2. The second-order valence-electron chi connectivity index (χ2n) is 6.65. The molecule has 2 aromatic rings. The molecule has 0 bridgehead atoms. The van der Waals surface area contributed by atoms with Gasteiger partial charge in [-0.2, -0.15) is 8.78 Å². The lowest BCUT2D eigenvalue weighted by Gasteiger charge is -2.34. The molecular weight excluding hydrogens is 368 g/mol. The van der Waals surface area contributed by atoms with Gasteiger partial charge >= 0.3 is 0 Å². The van der Waals surface area contributed by atoms with Crippen LogP contribution in [0.5, 0.6) is 0 Å². The summed E-state index contributed by atoms with van der Waals surface area (Å²) in [6, 6.07) is 14.9. The van der Waals surface area contributed by atoms with Crippen molar-refractivity contribution in [3.63, 3.8) is 0 Å². The summed E-state index contributed by atoms with van der Waals surface area (Å²) >= 11 is 0.499. The third kappa shape index (κ3) is 5.68. The number of hydrogen-bond acceptors (Lipinski definition) is 3. The number of para-hydroxylation sites is 1. The van der Waals surface area contributed by atoms with Gasteiger partial charge in [-0.1, -0.05) is 30.0 Å². The number of nitrogens with zero attached hydrogens (tertiary/aromatic N) is 1. The number of amides is 1. The summed E-state index contributed by atoms with van der Waals surface area (Å²) in [6.45, 7) is 6.19. The number of hydrogen-bond donors (Lipinski definition) is 2. The minimum Gasteiger partial charge on any atom is -0.360 e. The lowest BCUT2D eigenvalue weighted by molar-refractivity contribution is -0.892. The van der Waals surface area contributed by atoms with E-state index in [2.05, 4.69) is 35.3 Å². The first kappa shape index (κ1) is 19.6. The molecule has 0 saturated carbocycles. The van der Waals surface area contributed by atoms with Crippen LogP contribution in [0.2, 0.25) is 0 Å². The van der Waals surface area contributed by atoms with Gasteiger partial charge in [0.05, 0.1) is 26.2 Å². The zero-order chi connectivity index (χ0) is 19.2. The van der Waals surface area contributed by atoms with Crippen LogP contribution in [0, 0.1) is 6.92 Å². The monoisotopic (exact) mass is 392 g/mol. The Morgan fingerprint density at radius 1 is 1.15 bits per heavy atom. The molecule has 0 unspecified atom stereocenters. The van der Waals surface area contributed by atoms with E-state index >= 15 is 0 Å². The topological polar surface area (TPSA) is 36.8 Å². The Bertz CT molecular complexity index is 762. The molecule has 0 radical (unpaired) electrons. The van der Waals surface area contributed by atoms with Crippen LogP contribution in [-0.4, -0.2) is 44.4 Å². The predicted molar refractivity (Wildman–Crippen MR) is 106 cm³/mol. The number of piperazine rings is 1. The minimum absolute atomic E-state index is 0.0522. The molecule has 144 valence electrons. The number of aryl methyl sites for hydroxylation is 1. The lowest BCUT2D eigenvalue weighted by atomic mass is 10.1. The molecule has 1 amide bonds. The van der Waals surface area contributed by atoms with Crippen LogP contribution in [0.3, 0.4) is 0 Å². The number of nitrogens with one attached hydrogen (secondary N) is 2. The molecule has 7 heteroatoms. The lowest BCUT2D eigenvalue weighted by Crippen LogP contribution is -3.15. The molecular formula is C20H24F2N3OS+. The smallest absolute Gasteiger partial charge is 0.288 e. The summed E-state index contributed by atoms with van der Waals surface area (Å²) in [5.41, 5.74) is 3.17. The Hall–Kier alpha value is -2.12.